The van der Waals surface area contributed by atoms with Crippen LogP contribution in [0.5, 0.6) is 0 Å². The summed E-state index contributed by atoms with van der Waals surface area (Å²) in [5, 5.41) is 0. The quantitative estimate of drug-likeness (QED) is 0.623. The van der Waals surface area contributed by atoms with Crippen LogP contribution in [0, 0.1) is 12.9 Å². The Balaban J connectivity index is 3.09. The average molecular weight is 154 g/mol. The second kappa shape index (κ2) is 2.96. The first-order chi connectivity index (χ1) is 5.11. The van der Waals surface area contributed by atoms with E-state index in [1.54, 1.807) is 13.0 Å². The minimum Gasteiger partial charge on any atom is -0.324 e. The first kappa shape index (κ1) is 8.14. The van der Waals surface area contributed by atoms with Crippen molar-refractivity contribution in [3.63, 3.8) is 0 Å². The molecule has 0 aliphatic rings. The fourth-order valence-electron chi connectivity index (χ4n) is 1.02. The zero-order chi connectivity index (χ0) is 8.43. The number of aromatic nitrogens is 1. The van der Waals surface area contributed by atoms with Gasteiger partial charge in [-0.15, -0.1) is 0 Å². The summed E-state index contributed by atoms with van der Waals surface area (Å²) in [6.45, 7) is 3.60. The number of nitrogens with zero attached hydrogens (tertiary/aromatic N) is 1. The monoisotopic (exact) mass is 154 g/mol. The number of halogens is 1. The summed E-state index contributed by atoms with van der Waals surface area (Å²) in [4.78, 5) is 3.65. The van der Waals surface area contributed by atoms with Crippen molar-refractivity contribution in [1.29, 1.82) is 0 Å². The highest BCUT2D eigenvalue weighted by Crippen LogP contribution is 2.12. The summed E-state index contributed by atoms with van der Waals surface area (Å²) in [6.07, 6.45) is 0. The van der Waals surface area contributed by atoms with E-state index in [4.69, 9.17) is 5.73 Å². The van der Waals surface area contributed by atoms with E-state index in [0.29, 0.717) is 5.69 Å². The highest BCUT2D eigenvalue weighted by atomic mass is 19.1. The lowest BCUT2D eigenvalue weighted by molar-refractivity contribution is 0.576. The number of hydrogen-bond donors (Lipinski definition) is 1. The SMILES string of the molecule is Cc1nc(F)ccc1C(C)N. The Morgan fingerprint density at radius 2 is 2.18 bits per heavy atom. The molecule has 60 valence electrons. The van der Waals surface area contributed by atoms with Crippen LogP contribution in [0.3, 0.4) is 0 Å². The minimum absolute atomic E-state index is 0.0805. The van der Waals surface area contributed by atoms with Gasteiger partial charge in [0.15, 0.2) is 0 Å². The standard InChI is InChI=1S/C8H11FN2/c1-5(10)7-3-4-8(9)11-6(7)2/h3-5H,10H2,1-2H3. The summed E-state index contributed by atoms with van der Waals surface area (Å²) in [6, 6.07) is 2.91. The van der Waals surface area contributed by atoms with Crippen LogP contribution in [-0.4, -0.2) is 4.98 Å². The summed E-state index contributed by atoms with van der Waals surface area (Å²) in [5.74, 6) is -0.452. The van der Waals surface area contributed by atoms with Crippen LogP contribution in [0.4, 0.5) is 4.39 Å². The van der Waals surface area contributed by atoms with Crippen LogP contribution in [0.1, 0.15) is 24.2 Å². The molecule has 0 aromatic carbocycles. The molecule has 3 heteroatoms. The molecule has 1 aromatic heterocycles. The van der Waals surface area contributed by atoms with Crippen LogP contribution >= 0.6 is 0 Å². The fraction of sp³-hybridized carbons (Fsp3) is 0.375. The molecule has 0 aliphatic carbocycles. The van der Waals surface area contributed by atoms with Gasteiger partial charge in [-0.25, -0.2) is 4.98 Å². The molecule has 0 spiro atoms. The van der Waals surface area contributed by atoms with Crippen LogP contribution in [0.15, 0.2) is 12.1 Å². The molecule has 1 heterocycles. The van der Waals surface area contributed by atoms with Gasteiger partial charge in [-0.1, -0.05) is 6.07 Å². The van der Waals surface area contributed by atoms with E-state index in [1.807, 2.05) is 6.92 Å². The van der Waals surface area contributed by atoms with Gasteiger partial charge in [-0.3, -0.25) is 0 Å². The Hall–Kier alpha value is -0.960. The first-order valence-corrected chi connectivity index (χ1v) is 3.50. The van der Waals surface area contributed by atoms with E-state index < -0.39 is 5.95 Å². The van der Waals surface area contributed by atoms with Gasteiger partial charge in [0.1, 0.15) is 0 Å². The van der Waals surface area contributed by atoms with E-state index in [0.717, 1.165) is 5.56 Å². The fourth-order valence-corrected chi connectivity index (χ4v) is 1.02. The molecule has 1 unspecified atom stereocenters. The third-order valence-electron chi connectivity index (χ3n) is 1.58. The minimum atomic E-state index is -0.452. The molecule has 0 bridgehead atoms. The molecule has 1 aromatic rings. The Bertz CT molecular complexity index is 258. The van der Waals surface area contributed by atoms with Gasteiger partial charge in [0.2, 0.25) is 5.95 Å². The Labute approximate surface area is 65.3 Å². The number of rotatable bonds is 1. The van der Waals surface area contributed by atoms with Gasteiger partial charge in [-0.2, -0.15) is 4.39 Å². The summed E-state index contributed by atoms with van der Waals surface area (Å²) >= 11 is 0. The molecule has 0 amide bonds. The normalized spacial score (nSPS) is 13.1. The number of pyridine rings is 1. The predicted molar refractivity (Wildman–Crippen MR) is 41.5 cm³/mol. The largest absolute Gasteiger partial charge is 0.324 e. The smallest absolute Gasteiger partial charge is 0.213 e. The zero-order valence-corrected chi connectivity index (χ0v) is 6.63. The second-order valence-corrected chi connectivity index (χ2v) is 2.60. The summed E-state index contributed by atoms with van der Waals surface area (Å²) in [5.41, 5.74) is 7.16. The number of aryl methyl sites for hydroxylation is 1. The molecule has 0 aliphatic heterocycles. The van der Waals surface area contributed by atoms with Crippen molar-refractivity contribution >= 4 is 0 Å². The average Bonchev–Trinajstić information content (AvgIpc) is 1.85. The van der Waals surface area contributed by atoms with E-state index >= 15 is 0 Å². The Morgan fingerprint density at radius 1 is 1.55 bits per heavy atom. The third kappa shape index (κ3) is 1.74. The van der Waals surface area contributed by atoms with Crippen molar-refractivity contribution in [1.82, 2.24) is 4.98 Å². The summed E-state index contributed by atoms with van der Waals surface area (Å²) in [7, 11) is 0. The molecule has 0 saturated heterocycles. The van der Waals surface area contributed by atoms with Crippen molar-refractivity contribution < 1.29 is 4.39 Å². The first-order valence-electron chi connectivity index (χ1n) is 3.50. The zero-order valence-electron chi connectivity index (χ0n) is 6.63. The van der Waals surface area contributed by atoms with E-state index in [2.05, 4.69) is 4.98 Å². The van der Waals surface area contributed by atoms with E-state index in [9.17, 15) is 4.39 Å². The number of hydrogen-bond acceptors (Lipinski definition) is 2. The van der Waals surface area contributed by atoms with Crippen LogP contribution in [0.2, 0.25) is 0 Å². The Kier molecular flexibility index (Phi) is 2.19. The van der Waals surface area contributed by atoms with Gasteiger partial charge in [0.25, 0.3) is 0 Å². The molecular formula is C8H11FN2. The van der Waals surface area contributed by atoms with Crippen LogP contribution in [0.25, 0.3) is 0 Å². The van der Waals surface area contributed by atoms with Gasteiger partial charge in [0, 0.05) is 11.7 Å². The van der Waals surface area contributed by atoms with Gasteiger partial charge < -0.3 is 5.73 Å². The molecule has 0 saturated carbocycles. The molecule has 2 N–H and O–H groups in total. The summed E-state index contributed by atoms with van der Waals surface area (Å²) < 4.78 is 12.5. The van der Waals surface area contributed by atoms with Gasteiger partial charge in [-0.05, 0) is 25.5 Å². The van der Waals surface area contributed by atoms with Crippen LogP contribution < -0.4 is 5.73 Å². The van der Waals surface area contributed by atoms with E-state index in [1.165, 1.54) is 6.07 Å². The van der Waals surface area contributed by atoms with Gasteiger partial charge in [0.05, 0.1) is 0 Å². The van der Waals surface area contributed by atoms with E-state index in [-0.39, 0.29) is 6.04 Å². The van der Waals surface area contributed by atoms with Crippen molar-refractivity contribution in [2.75, 3.05) is 0 Å². The highest BCUT2D eigenvalue weighted by molar-refractivity contribution is 5.21. The highest BCUT2D eigenvalue weighted by Gasteiger charge is 2.04. The maximum atomic E-state index is 12.5. The molecule has 2 nitrogen and oxygen atoms in total. The van der Waals surface area contributed by atoms with Crippen molar-refractivity contribution in [3.8, 4) is 0 Å². The van der Waals surface area contributed by atoms with Crippen molar-refractivity contribution in [3.05, 3.63) is 29.3 Å². The second-order valence-electron chi connectivity index (χ2n) is 2.60. The third-order valence-corrected chi connectivity index (χ3v) is 1.58. The maximum absolute atomic E-state index is 12.5. The Morgan fingerprint density at radius 3 is 2.64 bits per heavy atom. The maximum Gasteiger partial charge on any atom is 0.213 e. The lowest BCUT2D eigenvalue weighted by Crippen LogP contribution is -2.08. The van der Waals surface area contributed by atoms with Crippen molar-refractivity contribution in [2.45, 2.75) is 19.9 Å². The predicted octanol–water partition coefficient (Wildman–Crippen LogP) is 1.55. The van der Waals surface area contributed by atoms with Gasteiger partial charge >= 0.3 is 0 Å². The topological polar surface area (TPSA) is 38.9 Å². The molecule has 11 heavy (non-hydrogen) atoms. The molecule has 0 fully saturated rings. The van der Waals surface area contributed by atoms with Crippen LogP contribution in [-0.2, 0) is 0 Å². The molecule has 1 atom stereocenters. The lowest BCUT2D eigenvalue weighted by Gasteiger charge is -2.07. The molecular weight excluding hydrogens is 143 g/mol. The molecule has 1 rings (SSSR count). The number of nitrogens with two attached hydrogens (primary N) is 1. The lowest BCUT2D eigenvalue weighted by atomic mass is 10.1. The molecule has 0 radical (unpaired) electrons. The van der Waals surface area contributed by atoms with Crippen molar-refractivity contribution in [2.24, 2.45) is 5.73 Å².